The predicted molar refractivity (Wildman–Crippen MR) is 81.1 cm³/mol. The van der Waals surface area contributed by atoms with Gasteiger partial charge in [0.25, 0.3) is 11.6 Å². The third-order valence-corrected chi connectivity index (χ3v) is 3.70. The van der Waals surface area contributed by atoms with Crippen molar-refractivity contribution in [3.63, 3.8) is 0 Å². The monoisotopic (exact) mass is 298 g/mol. The van der Waals surface area contributed by atoms with Gasteiger partial charge in [-0.05, 0) is 23.8 Å². The minimum Gasteiger partial charge on any atom is -0.480 e. The first kappa shape index (κ1) is 14.1. The van der Waals surface area contributed by atoms with Crippen LogP contribution in [0.2, 0.25) is 0 Å². The number of rotatable bonds is 3. The molecule has 112 valence electrons. The Balaban J connectivity index is 1.74. The summed E-state index contributed by atoms with van der Waals surface area (Å²) in [6, 6.07) is 13.4. The second-order valence-electron chi connectivity index (χ2n) is 5.09. The fourth-order valence-corrected chi connectivity index (χ4v) is 2.46. The number of non-ortho nitro benzene ring substituents is 1. The Morgan fingerprint density at radius 1 is 1.23 bits per heavy atom. The summed E-state index contributed by atoms with van der Waals surface area (Å²) in [7, 11) is 1.63. The first-order valence-electron chi connectivity index (χ1n) is 6.83. The molecule has 1 aliphatic heterocycles. The molecule has 3 rings (SSSR count). The van der Waals surface area contributed by atoms with Crippen molar-refractivity contribution in [1.82, 2.24) is 0 Å². The smallest absolute Gasteiger partial charge is 0.269 e. The van der Waals surface area contributed by atoms with Gasteiger partial charge >= 0.3 is 0 Å². The van der Waals surface area contributed by atoms with Gasteiger partial charge in [0.05, 0.1) is 4.92 Å². The fraction of sp³-hybridized carbons (Fsp3) is 0.188. The maximum atomic E-state index is 12.5. The average molecular weight is 298 g/mol. The van der Waals surface area contributed by atoms with Crippen molar-refractivity contribution in [3.05, 3.63) is 64.2 Å². The zero-order valence-corrected chi connectivity index (χ0v) is 11.9. The van der Waals surface area contributed by atoms with Gasteiger partial charge in [0, 0.05) is 31.3 Å². The normalized spacial score (nSPS) is 15.8. The maximum Gasteiger partial charge on any atom is 0.269 e. The molecule has 2 aromatic carbocycles. The van der Waals surface area contributed by atoms with Gasteiger partial charge in [0.15, 0.2) is 6.10 Å². The number of carbonyl (C=O) groups is 1. The molecular formula is C16H14N2O4. The van der Waals surface area contributed by atoms with Gasteiger partial charge in [0.1, 0.15) is 5.75 Å². The zero-order chi connectivity index (χ0) is 15.7. The van der Waals surface area contributed by atoms with Crippen molar-refractivity contribution in [2.45, 2.75) is 12.5 Å². The highest BCUT2D eigenvalue weighted by Crippen LogP contribution is 2.29. The number of nitrogens with zero attached hydrogens (tertiary/aromatic N) is 2. The minimum atomic E-state index is -0.558. The summed E-state index contributed by atoms with van der Waals surface area (Å²) in [5.41, 5.74) is 1.60. The maximum absolute atomic E-state index is 12.5. The number of amides is 1. The van der Waals surface area contributed by atoms with Crippen LogP contribution in [0.3, 0.4) is 0 Å². The van der Waals surface area contributed by atoms with E-state index in [1.54, 1.807) is 19.2 Å². The molecule has 0 N–H and O–H groups in total. The van der Waals surface area contributed by atoms with E-state index in [1.807, 2.05) is 24.3 Å². The number of hydrogen-bond donors (Lipinski definition) is 0. The average Bonchev–Trinajstić information content (AvgIpc) is 2.97. The predicted octanol–water partition coefficient (Wildman–Crippen LogP) is 2.56. The summed E-state index contributed by atoms with van der Waals surface area (Å²) in [5, 5.41) is 10.7. The number of ether oxygens (including phenoxy) is 1. The molecule has 1 aliphatic rings. The van der Waals surface area contributed by atoms with Gasteiger partial charge in [-0.1, -0.05) is 18.2 Å². The number of hydrogen-bond acceptors (Lipinski definition) is 4. The van der Waals surface area contributed by atoms with Gasteiger partial charge < -0.3 is 9.64 Å². The highest BCUT2D eigenvalue weighted by Gasteiger charge is 2.31. The van der Waals surface area contributed by atoms with Crippen LogP contribution >= 0.6 is 0 Å². The molecule has 0 spiro atoms. The van der Waals surface area contributed by atoms with E-state index in [-0.39, 0.29) is 11.6 Å². The molecule has 0 fully saturated rings. The quantitative estimate of drug-likeness (QED) is 0.645. The van der Waals surface area contributed by atoms with Gasteiger partial charge in [-0.15, -0.1) is 0 Å². The number of anilines is 1. The lowest BCUT2D eigenvalue weighted by atomic mass is 10.1. The fourth-order valence-electron chi connectivity index (χ4n) is 2.46. The van der Waals surface area contributed by atoms with Crippen LogP contribution in [0.15, 0.2) is 48.5 Å². The third kappa shape index (κ3) is 2.50. The van der Waals surface area contributed by atoms with Crippen molar-refractivity contribution in [1.29, 1.82) is 0 Å². The van der Waals surface area contributed by atoms with Crippen LogP contribution in [-0.2, 0) is 11.2 Å². The van der Waals surface area contributed by atoms with E-state index in [1.165, 1.54) is 17.0 Å². The molecule has 0 aromatic heterocycles. The van der Waals surface area contributed by atoms with Crippen LogP contribution in [0.1, 0.15) is 5.56 Å². The molecular weight excluding hydrogens is 284 g/mol. The number of likely N-dealkylation sites (N-methyl/N-ethyl adjacent to an activating group) is 1. The summed E-state index contributed by atoms with van der Waals surface area (Å²) in [6.07, 6.45) is -0.0237. The van der Waals surface area contributed by atoms with Crippen LogP contribution in [-0.4, -0.2) is 24.0 Å². The van der Waals surface area contributed by atoms with E-state index >= 15 is 0 Å². The van der Waals surface area contributed by atoms with Crippen molar-refractivity contribution in [2.24, 2.45) is 0 Å². The lowest BCUT2D eigenvalue weighted by Gasteiger charge is -2.20. The Labute approximate surface area is 127 Å². The third-order valence-electron chi connectivity index (χ3n) is 3.70. The molecule has 6 heteroatoms. The van der Waals surface area contributed by atoms with E-state index in [9.17, 15) is 14.9 Å². The Bertz CT molecular complexity index is 702. The van der Waals surface area contributed by atoms with Gasteiger partial charge in [-0.25, -0.2) is 0 Å². The molecule has 0 saturated heterocycles. The van der Waals surface area contributed by atoms with E-state index in [0.29, 0.717) is 12.1 Å². The van der Waals surface area contributed by atoms with E-state index in [4.69, 9.17) is 4.74 Å². The zero-order valence-electron chi connectivity index (χ0n) is 11.9. The van der Waals surface area contributed by atoms with Gasteiger partial charge in [0.2, 0.25) is 0 Å². The number of nitro groups is 1. The molecule has 1 heterocycles. The van der Waals surface area contributed by atoms with E-state index < -0.39 is 11.0 Å². The largest absolute Gasteiger partial charge is 0.480 e. The molecule has 2 aromatic rings. The SMILES string of the molecule is CN(C(=O)[C@@H]1Cc2ccccc2O1)c1ccc([N+](=O)[O-])cc1. The van der Waals surface area contributed by atoms with Crippen LogP contribution in [0.4, 0.5) is 11.4 Å². The number of para-hydroxylation sites is 1. The highest BCUT2D eigenvalue weighted by atomic mass is 16.6. The highest BCUT2D eigenvalue weighted by molar-refractivity contribution is 5.97. The molecule has 0 saturated carbocycles. The number of benzene rings is 2. The van der Waals surface area contributed by atoms with Gasteiger partial charge in [-0.3, -0.25) is 14.9 Å². The van der Waals surface area contributed by atoms with Crippen molar-refractivity contribution in [3.8, 4) is 5.75 Å². The topological polar surface area (TPSA) is 72.7 Å². The molecule has 0 unspecified atom stereocenters. The number of fused-ring (bicyclic) bond motifs is 1. The minimum absolute atomic E-state index is 0.00544. The molecule has 22 heavy (non-hydrogen) atoms. The molecule has 0 aliphatic carbocycles. The van der Waals surface area contributed by atoms with Crippen LogP contribution < -0.4 is 9.64 Å². The van der Waals surface area contributed by atoms with Crippen LogP contribution in [0, 0.1) is 10.1 Å². The number of nitro benzene ring substituents is 1. The Kier molecular flexibility index (Phi) is 3.50. The Morgan fingerprint density at radius 2 is 1.91 bits per heavy atom. The van der Waals surface area contributed by atoms with Crippen molar-refractivity contribution < 1.29 is 14.5 Å². The van der Waals surface area contributed by atoms with Crippen molar-refractivity contribution >= 4 is 17.3 Å². The molecule has 0 radical (unpaired) electrons. The number of carbonyl (C=O) groups excluding carboxylic acids is 1. The second kappa shape index (κ2) is 5.48. The van der Waals surface area contributed by atoms with E-state index in [2.05, 4.69) is 0 Å². The molecule has 1 atom stereocenters. The van der Waals surface area contributed by atoms with Crippen LogP contribution in [0.5, 0.6) is 5.75 Å². The summed E-state index contributed by atoms with van der Waals surface area (Å²) < 4.78 is 5.67. The summed E-state index contributed by atoms with van der Waals surface area (Å²) in [6.45, 7) is 0. The standard InChI is InChI=1S/C16H14N2O4/c1-17(12-6-8-13(9-7-12)18(20)21)16(19)15-10-11-4-2-3-5-14(11)22-15/h2-9,15H,10H2,1H3/t15-/m0/s1. The van der Waals surface area contributed by atoms with E-state index in [0.717, 1.165) is 11.3 Å². The summed E-state index contributed by atoms with van der Waals surface area (Å²) in [4.78, 5) is 24.1. The van der Waals surface area contributed by atoms with Gasteiger partial charge in [-0.2, -0.15) is 0 Å². The summed E-state index contributed by atoms with van der Waals surface area (Å²) >= 11 is 0. The summed E-state index contributed by atoms with van der Waals surface area (Å²) in [5.74, 6) is 0.558. The first-order chi connectivity index (χ1) is 10.6. The first-order valence-corrected chi connectivity index (χ1v) is 6.83. The van der Waals surface area contributed by atoms with Crippen molar-refractivity contribution in [2.75, 3.05) is 11.9 Å². The Morgan fingerprint density at radius 3 is 2.55 bits per heavy atom. The Hall–Kier alpha value is -2.89. The lowest BCUT2D eigenvalue weighted by molar-refractivity contribution is -0.384. The molecule has 1 amide bonds. The van der Waals surface area contributed by atoms with Crippen LogP contribution in [0.25, 0.3) is 0 Å². The lowest BCUT2D eigenvalue weighted by Crippen LogP contribution is -2.39. The second-order valence-corrected chi connectivity index (χ2v) is 5.09. The molecule has 0 bridgehead atoms. The molecule has 6 nitrogen and oxygen atoms in total.